The van der Waals surface area contributed by atoms with Crippen molar-refractivity contribution in [3.8, 4) is 0 Å². The molecule has 0 saturated carbocycles. The average Bonchev–Trinajstić information content (AvgIpc) is 3.20. The van der Waals surface area contributed by atoms with Crippen LogP contribution in [0.4, 0.5) is 4.39 Å². The number of carboxylic acid groups (broad SMARTS) is 1. The number of aliphatic carboxylic acids is 1. The number of carbonyl (C=O) groups is 2. The summed E-state index contributed by atoms with van der Waals surface area (Å²) in [5.74, 6) is -2.51. The summed E-state index contributed by atoms with van der Waals surface area (Å²) in [6.45, 7) is 0.832. The van der Waals surface area contributed by atoms with Gasteiger partial charge in [0.2, 0.25) is 5.91 Å². The van der Waals surface area contributed by atoms with Crippen LogP contribution >= 0.6 is 11.6 Å². The number of carbonyl (C=O) groups excluding carboxylic acids is 1. The lowest BCUT2D eigenvalue weighted by Gasteiger charge is -2.16. The number of amides is 1. The summed E-state index contributed by atoms with van der Waals surface area (Å²) in [6.07, 6.45) is 3.33. The third kappa shape index (κ3) is 3.99. The van der Waals surface area contributed by atoms with Crippen molar-refractivity contribution in [2.75, 3.05) is 13.1 Å². The Labute approximate surface area is 148 Å². The molecule has 0 spiro atoms. The smallest absolute Gasteiger partial charge is 0.308 e. The maximum absolute atomic E-state index is 13.1. The van der Waals surface area contributed by atoms with E-state index in [9.17, 15) is 19.1 Å². The van der Waals surface area contributed by atoms with Crippen LogP contribution in [0.25, 0.3) is 0 Å². The highest BCUT2D eigenvalue weighted by molar-refractivity contribution is 6.30. The second-order valence-electron chi connectivity index (χ2n) is 6.07. The number of halogens is 2. The van der Waals surface area contributed by atoms with E-state index in [4.69, 9.17) is 11.6 Å². The number of carboxylic acids is 1. The Hall–Kier alpha value is -2.41. The highest BCUT2D eigenvalue weighted by Crippen LogP contribution is 2.33. The molecule has 6 nitrogen and oxygen atoms in total. The van der Waals surface area contributed by atoms with Gasteiger partial charge in [-0.15, -0.1) is 0 Å². The van der Waals surface area contributed by atoms with Crippen LogP contribution in [-0.4, -0.2) is 44.8 Å². The largest absolute Gasteiger partial charge is 0.481 e. The number of aromatic nitrogens is 2. The van der Waals surface area contributed by atoms with Crippen LogP contribution in [-0.2, 0) is 16.1 Å². The van der Waals surface area contributed by atoms with Gasteiger partial charge in [0.25, 0.3) is 0 Å². The quantitative estimate of drug-likeness (QED) is 0.882. The monoisotopic (exact) mass is 365 g/mol. The molecule has 1 saturated heterocycles. The Balaban J connectivity index is 1.67. The van der Waals surface area contributed by atoms with Gasteiger partial charge in [-0.05, 0) is 17.7 Å². The van der Waals surface area contributed by atoms with Crippen molar-refractivity contribution < 1.29 is 19.1 Å². The van der Waals surface area contributed by atoms with E-state index in [0.29, 0.717) is 18.1 Å². The molecule has 1 aliphatic rings. The predicted octanol–water partition coefficient (Wildman–Crippen LogP) is 2.39. The van der Waals surface area contributed by atoms with Gasteiger partial charge in [-0.1, -0.05) is 23.7 Å². The van der Waals surface area contributed by atoms with Crippen LogP contribution in [0.3, 0.4) is 0 Å². The third-order valence-electron chi connectivity index (χ3n) is 4.44. The number of hydrogen-bond acceptors (Lipinski definition) is 3. The highest BCUT2D eigenvalue weighted by atomic mass is 35.5. The molecule has 25 heavy (non-hydrogen) atoms. The number of hydrogen-bond donors (Lipinski definition) is 1. The van der Waals surface area contributed by atoms with Gasteiger partial charge < -0.3 is 10.0 Å². The maximum atomic E-state index is 13.1. The molecule has 0 aliphatic carbocycles. The lowest BCUT2D eigenvalue weighted by molar-refractivity contribution is -0.141. The second-order valence-corrected chi connectivity index (χ2v) is 6.51. The molecule has 2 aromatic rings. The third-order valence-corrected chi connectivity index (χ3v) is 4.64. The first kappa shape index (κ1) is 17.4. The van der Waals surface area contributed by atoms with Crippen molar-refractivity contribution in [1.82, 2.24) is 14.7 Å². The first-order valence-corrected chi connectivity index (χ1v) is 8.26. The Morgan fingerprint density at radius 1 is 1.28 bits per heavy atom. The molecule has 1 aromatic carbocycles. The van der Waals surface area contributed by atoms with Crippen LogP contribution < -0.4 is 0 Å². The van der Waals surface area contributed by atoms with Crippen molar-refractivity contribution in [2.45, 2.75) is 18.9 Å². The minimum Gasteiger partial charge on any atom is -0.481 e. The molecular formula is C17H17ClFN3O3. The number of nitrogens with zero attached hydrogens (tertiary/aromatic N) is 3. The highest BCUT2D eigenvalue weighted by Gasteiger charge is 2.40. The van der Waals surface area contributed by atoms with Gasteiger partial charge >= 0.3 is 5.97 Å². The van der Waals surface area contributed by atoms with Gasteiger partial charge in [0, 0.05) is 38.2 Å². The van der Waals surface area contributed by atoms with Crippen molar-refractivity contribution in [3.63, 3.8) is 0 Å². The van der Waals surface area contributed by atoms with Crippen molar-refractivity contribution >= 4 is 23.5 Å². The van der Waals surface area contributed by atoms with E-state index in [2.05, 4.69) is 5.10 Å². The molecule has 1 N–H and O–H groups in total. The van der Waals surface area contributed by atoms with Crippen LogP contribution in [0, 0.1) is 11.7 Å². The standard InChI is InChI=1S/C17H17ClFN3O3/c18-12-7-20-22(8-12)6-5-16(23)21-9-14(15(10-21)17(24)25)11-1-3-13(19)4-2-11/h1-4,7-8,14-15H,5-6,9-10H2,(H,24,25)/t14-,15+/m0/s1. The van der Waals surface area contributed by atoms with E-state index in [1.807, 2.05) is 0 Å². The number of rotatable bonds is 5. The van der Waals surface area contributed by atoms with Crippen LogP contribution in [0.1, 0.15) is 17.9 Å². The summed E-state index contributed by atoms with van der Waals surface area (Å²) >= 11 is 5.78. The summed E-state index contributed by atoms with van der Waals surface area (Å²) in [5.41, 5.74) is 0.725. The number of aryl methyl sites for hydroxylation is 1. The minimum absolute atomic E-state index is 0.137. The van der Waals surface area contributed by atoms with E-state index in [1.54, 1.807) is 27.9 Å². The second kappa shape index (κ2) is 7.23. The fourth-order valence-electron chi connectivity index (χ4n) is 3.13. The van der Waals surface area contributed by atoms with Crippen molar-refractivity contribution in [2.24, 2.45) is 5.92 Å². The predicted molar refractivity (Wildman–Crippen MR) is 88.7 cm³/mol. The van der Waals surface area contributed by atoms with Crippen LogP contribution in [0.15, 0.2) is 36.7 Å². The van der Waals surface area contributed by atoms with E-state index in [1.165, 1.54) is 18.3 Å². The molecule has 2 atom stereocenters. The van der Waals surface area contributed by atoms with E-state index >= 15 is 0 Å². The molecule has 1 aromatic heterocycles. The van der Waals surface area contributed by atoms with Gasteiger partial charge in [0.15, 0.2) is 0 Å². The molecule has 0 radical (unpaired) electrons. The summed E-state index contributed by atoms with van der Waals surface area (Å²) in [5, 5.41) is 14.0. The van der Waals surface area contributed by atoms with Crippen molar-refractivity contribution in [1.29, 1.82) is 0 Å². The molecule has 8 heteroatoms. The summed E-state index contributed by atoms with van der Waals surface area (Å²) in [6, 6.07) is 5.77. The fraction of sp³-hybridized carbons (Fsp3) is 0.353. The lowest BCUT2D eigenvalue weighted by atomic mass is 9.89. The normalized spacial score (nSPS) is 20.0. The van der Waals surface area contributed by atoms with Crippen LogP contribution in [0.2, 0.25) is 5.02 Å². The molecule has 2 heterocycles. The topological polar surface area (TPSA) is 75.4 Å². The van der Waals surface area contributed by atoms with E-state index < -0.39 is 11.9 Å². The van der Waals surface area contributed by atoms with Gasteiger partial charge in [0.05, 0.1) is 17.1 Å². The molecule has 132 valence electrons. The maximum Gasteiger partial charge on any atom is 0.308 e. The molecule has 0 unspecified atom stereocenters. The average molecular weight is 366 g/mol. The summed E-state index contributed by atoms with van der Waals surface area (Å²) in [4.78, 5) is 25.5. The fourth-order valence-corrected chi connectivity index (χ4v) is 3.29. The van der Waals surface area contributed by atoms with Gasteiger partial charge in [-0.2, -0.15) is 5.10 Å². The van der Waals surface area contributed by atoms with Gasteiger partial charge in [-0.25, -0.2) is 4.39 Å². The van der Waals surface area contributed by atoms with Gasteiger partial charge in [-0.3, -0.25) is 14.3 Å². The van der Waals surface area contributed by atoms with Crippen LogP contribution in [0.5, 0.6) is 0 Å². The minimum atomic E-state index is -0.955. The molecule has 0 bridgehead atoms. The summed E-state index contributed by atoms with van der Waals surface area (Å²) in [7, 11) is 0. The molecular weight excluding hydrogens is 349 g/mol. The lowest BCUT2D eigenvalue weighted by Crippen LogP contribution is -2.30. The zero-order valence-corrected chi connectivity index (χ0v) is 14.1. The Morgan fingerprint density at radius 2 is 2.00 bits per heavy atom. The van der Waals surface area contributed by atoms with Gasteiger partial charge in [0.1, 0.15) is 5.82 Å². The SMILES string of the molecule is O=C(O)[C@@H]1CN(C(=O)CCn2cc(Cl)cn2)C[C@H]1c1ccc(F)cc1. The van der Waals surface area contributed by atoms with E-state index in [-0.39, 0.29) is 30.6 Å². The molecule has 1 fully saturated rings. The summed E-state index contributed by atoms with van der Waals surface area (Å²) < 4.78 is 14.7. The first-order valence-electron chi connectivity index (χ1n) is 7.88. The number of benzene rings is 1. The van der Waals surface area contributed by atoms with Crippen molar-refractivity contribution in [3.05, 3.63) is 53.1 Å². The molecule has 1 amide bonds. The Bertz CT molecular complexity index is 778. The Kier molecular flexibility index (Phi) is 5.03. The molecule has 3 rings (SSSR count). The first-order chi connectivity index (χ1) is 11.9. The zero-order chi connectivity index (χ0) is 18.0. The Morgan fingerprint density at radius 3 is 2.60 bits per heavy atom. The zero-order valence-electron chi connectivity index (χ0n) is 13.3. The van der Waals surface area contributed by atoms with E-state index in [0.717, 1.165) is 5.56 Å². The number of likely N-dealkylation sites (tertiary alicyclic amines) is 1. The molecule has 1 aliphatic heterocycles.